The molecule has 3 heterocycles. The van der Waals surface area contributed by atoms with Gasteiger partial charge in [-0.05, 0) is 56.5 Å². The quantitative estimate of drug-likeness (QED) is 0.267. The van der Waals surface area contributed by atoms with Crippen molar-refractivity contribution in [1.29, 1.82) is 0 Å². The van der Waals surface area contributed by atoms with Gasteiger partial charge in [0, 0.05) is 17.1 Å². The Balaban J connectivity index is 1.66. The third kappa shape index (κ3) is 3.91. The summed E-state index contributed by atoms with van der Waals surface area (Å²) in [7, 11) is 0. The van der Waals surface area contributed by atoms with Crippen molar-refractivity contribution in [3.63, 3.8) is 0 Å². The predicted octanol–water partition coefficient (Wildman–Crippen LogP) is 6.21. The van der Waals surface area contributed by atoms with Gasteiger partial charge in [0.2, 0.25) is 0 Å². The molecule has 1 aliphatic rings. The van der Waals surface area contributed by atoms with Crippen LogP contribution in [0.4, 0.5) is 0 Å². The molecule has 4 aromatic rings. The Morgan fingerprint density at radius 1 is 1.16 bits per heavy atom. The maximum Gasteiger partial charge on any atom is 0.267 e. The summed E-state index contributed by atoms with van der Waals surface area (Å²) in [6.07, 6.45) is 0.725. The van der Waals surface area contributed by atoms with Crippen molar-refractivity contribution in [2.75, 3.05) is 0 Å². The predicted molar refractivity (Wildman–Crippen MR) is 133 cm³/mol. The highest BCUT2D eigenvalue weighted by molar-refractivity contribution is 7.98. The smallest absolute Gasteiger partial charge is 0.267 e. The second-order valence-electron chi connectivity index (χ2n) is 9.00. The molecule has 0 saturated carbocycles. The van der Waals surface area contributed by atoms with Crippen molar-refractivity contribution in [2.24, 2.45) is 0 Å². The van der Waals surface area contributed by atoms with Gasteiger partial charge in [0.1, 0.15) is 4.83 Å². The van der Waals surface area contributed by atoms with Crippen LogP contribution in [0.15, 0.2) is 58.5 Å². The minimum atomic E-state index is -0.276. The summed E-state index contributed by atoms with van der Waals surface area (Å²) in [4.78, 5) is 20.8. The van der Waals surface area contributed by atoms with E-state index in [0.29, 0.717) is 6.61 Å². The Morgan fingerprint density at radius 2 is 1.94 bits per heavy atom. The summed E-state index contributed by atoms with van der Waals surface area (Å²) in [5, 5.41) is 1.48. The maximum absolute atomic E-state index is 13.9. The molecule has 2 aromatic heterocycles. The van der Waals surface area contributed by atoms with Gasteiger partial charge in [0.05, 0.1) is 23.3 Å². The average molecular weight is 463 g/mol. The Bertz CT molecular complexity index is 1370. The van der Waals surface area contributed by atoms with E-state index in [-0.39, 0.29) is 11.2 Å². The first kappa shape index (κ1) is 21.4. The van der Waals surface area contributed by atoms with Gasteiger partial charge >= 0.3 is 0 Å². The van der Waals surface area contributed by atoms with Gasteiger partial charge in [-0.3, -0.25) is 9.36 Å². The van der Waals surface area contributed by atoms with Crippen LogP contribution < -0.4 is 5.56 Å². The second-order valence-corrected chi connectivity index (χ2v) is 11.0. The van der Waals surface area contributed by atoms with Crippen molar-refractivity contribution in [3.8, 4) is 5.69 Å². The third-order valence-electron chi connectivity index (χ3n) is 5.94. The van der Waals surface area contributed by atoms with Gasteiger partial charge in [0.15, 0.2) is 5.16 Å². The fourth-order valence-electron chi connectivity index (χ4n) is 4.23. The zero-order valence-electron chi connectivity index (χ0n) is 18.8. The van der Waals surface area contributed by atoms with E-state index in [1.165, 1.54) is 16.7 Å². The zero-order chi connectivity index (χ0) is 22.5. The molecule has 0 saturated heterocycles. The van der Waals surface area contributed by atoms with Crippen LogP contribution in [0.3, 0.4) is 0 Å². The maximum atomic E-state index is 13.9. The largest absolute Gasteiger partial charge is 0.370 e. The third-order valence-corrected chi connectivity index (χ3v) is 8.03. The van der Waals surface area contributed by atoms with E-state index in [0.717, 1.165) is 43.7 Å². The molecule has 0 fully saturated rings. The highest BCUT2D eigenvalue weighted by atomic mass is 32.2. The van der Waals surface area contributed by atoms with Crippen LogP contribution in [0.25, 0.3) is 15.9 Å². The number of rotatable bonds is 4. The van der Waals surface area contributed by atoms with Crippen LogP contribution in [0, 0.1) is 13.8 Å². The molecule has 0 N–H and O–H groups in total. The van der Waals surface area contributed by atoms with Gasteiger partial charge < -0.3 is 4.74 Å². The Morgan fingerprint density at radius 3 is 2.69 bits per heavy atom. The number of hydrogen-bond acceptors (Lipinski definition) is 5. The number of nitrogens with zero attached hydrogens (tertiary/aromatic N) is 2. The Hall–Kier alpha value is -2.41. The lowest BCUT2D eigenvalue weighted by Gasteiger charge is -2.29. The van der Waals surface area contributed by atoms with Crippen LogP contribution in [-0.2, 0) is 23.5 Å². The van der Waals surface area contributed by atoms with Gasteiger partial charge in [0.25, 0.3) is 5.56 Å². The highest BCUT2D eigenvalue weighted by Gasteiger charge is 2.31. The van der Waals surface area contributed by atoms with Crippen molar-refractivity contribution in [2.45, 2.75) is 57.2 Å². The van der Waals surface area contributed by atoms with E-state index in [9.17, 15) is 4.79 Å². The van der Waals surface area contributed by atoms with E-state index in [4.69, 9.17) is 9.72 Å². The second kappa shape index (κ2) is 8.18. The summed E-state index contributed by atoms with van der Waals surface area (Å²) < 4.78 is 7.79. The number of fused-ring (bicyclic) bond motifs is 3. The number of thiophene rings is 1. The molecule has 0 bridgehead atoms. The molecule has 4 nitrogen and oxygen atoms in total. The summed E-state index contributed by atoms with van der Waals surface area (Å²) in [6, 6.07) is 16.4. The molecule has 0 atom stereocenters. The van der Waals surface area contributed by atoms with Crippen molar-refractivity contribution in [3.05, 3.63) is 86.0 Å². The van der Waals surface area contributed by atoms with Crippen LogP contribution >= 0.6 is 23.1 Å². The van der Waals surface area contributed by atoms with Crippen LogP contribution in [0.5, 0.6) is 0 Å². The summed E-state index contributed by atoms with van der Waals surface area (Å²) in [5.74, 6) is 0.762. The lowest BCUT2D eigenvalue weighted by atomic mass is 9.94. The first-order valence-electron chi connectivity index (χ1n) is 10.8. The molecule has 2 aromatic carbocycles. The molecule has 0 aliphatic carbocycles. The monoisotopic (exact) mass is 462 g/mol. The summed E-state index contributed by atoms with van der Waals surface area (Å²) in [5.41, 5.74) is 5.47. The molecule has 164 valence electrons. The zero-order valence-corrected chi connectivity index (χ0v) is 20.4. The fraction of sp³-hybridized carbons (Fsp3) is 0.308. The van der Waals surface area contributed by atoms with E-state index in [2.05, 4.69) is 45.9 Å². The molecule has 0 amide bonds. The lowest BCUT2D eigenvalue weighted by molar-refractivity contribution is -0.0379. The molecule has 0 unspecified atom stereocenters. The molecule has 0 radical (unpaired) electrons. The summed E-state index contributed by atoms with van der Waals surface area (Å²) in [6.45, 7) is 8.95. The molecule has 5 rings (SSSR count). The minimum Gasteiger partial charge on any atom is -0.370 e. The standard InChI is InChI=1S/C26H26N2O2S2/c1-16-10-11-18(17(2)12-16)15-31-25-27-23-22(20-13-26(3,4)30-14-21(20)32-23)24(29)28(25)19-8-6-5-7-9-19/h5-12H,13-15H2,1-4H3. The van der Waals surface area contributed by atoms with Crippen LogP contribution in [0.1, 0.15) is 41.0 Å². The van der Waals surface area contributed by atoms with Crippen molar-refractivity contribution >= 4 is 33.3 Å². The minimum absolute atomic E-state index is 0.0135. The van der Waals surface area contributed by atoms with Crippen LogP contribution in [-0.4, -0.2) is 15.2 Å². The topological polar surface area (TPSA) is 44.1 Å². The number of para-hydroxylation sites is 1. The molecule has 6 heteroatoms. The van der Waals surface area contributed by atoms with Gasteiger partial charge in [-0.15, -0.1) is 11.3 Å². The highest BCUT2D eigenvalue weighted by Crippen LogP contribution is 2.38. The van der Waals surface area contributed by atoms with Crippen molar-refractivity contribution < 1.29 is 4.74 Å². The number of hydrogen-bond donors (Lipinski definition) is 0. The molecule has 1 aliphatic heterocycles. The molecule has 0 spiro atoms. The van der Waals surface area contributed by atoms with E-state index >= 15 is 0 Å². The molecular weight excluding hydrogens is 436 g/mol. The number of benzene rings is 2. The fourth-order valence-corrected chi connectivity index (χ4v) is 6.46. The summed E-state index contributed by atoms with van der Waals surface area (Å²) >= 11 is 3.21. The van der Waals surface area contributed by atoms with Gasteiger partial charge in [-0.2, -0.15) is 0 Å². The molecular formula is C26H26N2O2S2. The Labute approximate surface area is 196 Å². The number of aromatic nitrogens is 2. The van der Waals surface area contributed by atoms with E-state index in [1.54, 1.807) is 27.7 Å². The van der Waals surface area contributed by atoms with Crippen LogP contribution in [0.2, 0.25) is 0 Å². The number of aryl methyl sites for hydroxylation is 2. The average Bonchev–Trinajstić information content (AvgIpc) is 3.10. The normalized spacial score (nSPS) is 15.1. The first-order chi connectivity index (χ1) is 15.3. The SMILES string of the molecule is Cc1ccc(CSc2nc3sc4c(c3c(=O)n2-c2ccccc2)CC(C)(C)OC4)c(C)c1. The number of thioether (sulfide) groups is 1. The number of ether oxygens (including phenoxy) is 1. The van der Waals surface area contributed by atoms with E-state index < -0.39 is 0 Å². The van der Waals surface area contributed by atoms with E-state index in [1.807, 2.05) is 30.3 Å². The van der Waals surface area contributed by atoms with Crippen molar-refractivity contribution in [1.82, 2.24) is 9.55 Å². The van der Waals surface area contributed by atoms with Gasteiger partial charge in [-0.25, -0.2) is 4.98 Å². The Kier molecular flexibility index (Phi) is 5.48. The molecule has 32 heavy (non-hydrogen) atoms. The first-order valence-corrected chi connectivity index (χ1v) is 12.6. The van der Waals surface area contributed by atoms with Gasteiger partial charge in [-0.1, -0.05) is 53.7 Å². The lowest BCUT2D eigenvalue weighted by Crippen LogP contribution is -2.32.